The number of aryl methyl sites for hydroxylation is 4. The summed E-state index contributed by atoms with van der Waals surface area (Å²) in [7, 11) is 0. The molecule has 0 bridgehead atoms. The van der Waals surface area contributed by atoms with Crippen molar-refractivity contribution in [3.8, 4) is 0 Å². The minimum absolute atomic E-state index is 0.902. The van der Waals surface area contributed by atoms with Crippen LogP contribution >= 0.6 is 0 Å². The molecule has 2 aromatic carbocycles. The zero-order valence-corrected chi connectivity index (χ0v) is 28.3. The van der Waals surface area contributed by atoms with Crippen molar-refractivity contribution in [3.05, 3.63) is 87.0 Å². The van der Waals surface area contributed by atoms with Gasteiger partial charge in [0.2, 0.25) is 11.4 Å². The van der Waals surface area contributed by atoms with Crippen molar-refractivity contribution in [2.24, 2.45) is 0 Å². The maximum atomic E-state index is 11.7. The molecule has 3 rings (SSSR count). The molecule has 0 aliphatic carbocycles. The molecular formula is C38H58N2Ni. The molecule has 0 atom stereocenters. The van der Waals surface area contributed by atoms with Gasteiger partial charge in [0, 0.05) is 22.8 Å². The molecule has 1 heterocycles. The zero-order chi connectivity index (χ0) is 30.0. The summed E-state index contributed by atoms with van der Waals surface area (Å²) < 4.78 is 1.50. The molecule has 230 valence electrons. The van der Waals surface area contributed by atoms with E-state index in [4.69, 9.17) is 0 Å². The van der Waals surface area contributed by atoms with Gasteiger partial charge in [0.15, 0.2) is 0 Å². The van der Waals surface area contributed by atoms with Crippen LogP contribution in [0, 0.1) is 0 Å². The molecule has 2 nitrogen and oxygen atoms in total. The molecule has 0 radical (unpaired) electrons. The van der Waals surface area contributed by atoms with Gasteiger partial charge in [-0.05, 0) is 104 Å². The Kier molecular flexibility index (Phi) is 17.2. The fourth-order valence-electron chi connectivity index (χ4n) is 5.64. The molecule has 1 aliphatic heterocycles. The zero-order valence-electron chi connectivity index (χ0n) is 27.4. The number of unbranched alkanes of at least 4 members (excludes halogenated alkanes) is 6. The molecular weight excluding hydrogens is 543 g/mol. The SMILES string of the molecule is CCCCCc1cc(CCCC)cc(C2=CC(CC)=C(c3cc(CCCC)cc(CCCCC)c3)[N+]2=[N-])c1.[CH3][Ni][CH3]. The van der Waals surface area contributed by atoms with E-state index in [-0.39, 0.29) is 0 Å². The van der Waals surface area contributed by atoms with Crippen LogP contribution in [0.2, 0.25) is 11.8 Å². The monoisotopic (exact) mass is 600 g/mol. The Morgan fingerprint density at radius 3 is 1.34 bits per heavy atom. The van der Waals surface area contributed by atoms with Gasteiger partial charge in [0.1, 0.15) is 0 Å². The van der Waals surface area contributed by atoms with Crippen LogP contribution < -0.4 is 0 Å². The van der Waals surface area contributed by atoms with Crippen molar-refractivity contribution in [2.45, 2.75) is 143 Å². The molecule has 3 heteroatoms. The van der Waals surface area contributed by atoms with Crippen LogP contribution in [-0.4, -0.2) is 4.70 Å². The molecule has 0 saturated heterocycles. The van der Waals surface area contributed by atoms with Gasteiger partial charge in [-0.15, -0.1) is 0 Å². The van der Waals surface area contributed by atoms with Gasteiger partial charge in [-0.25, -0.2) is 4.70 Å². The summed E-state index contributed by atoms with van der Waals surface area (Å²) in [6.07, 6.45) is 19.8. The Morgan fingerprint density at radius 1 is 0.561 bits per heavy atom. The molecule has 0 spiro atoms. The third-order valence-electron chi connectivity index (χ3n) is 7.89. The number of hydrogen-bond donors (Lipinski definition) is 0. The van der Waals surface area contributed by atoms with Gasteiger partial charge in [0.25, 0.3) is 0 Å². The van der Waals surface area contributed by atoms with Crippen molar-refractivity contribution >= 4 is 11.4 Å². The first kappa shape index (κ1) is 35.2. The number of nitrogens with zero attached hydrogens (tertiary/aromatic N) is 2. The second-order valence-corrected chi connectivity index (χ2v) is 12.6. The van der Waals surface area contributed by atoms with Crippen LogP contribution in [0.15, 0.2) is 48.0 Å². The van der Waals surface area contributed by atoms with E-state index in [0.29, 0.717) is 0 Å². The molecule has 0 amide bonds. The second-order valence-electron chi connectivity index (χ2n) is 11.6. The summed E-state index contributed by atoms with van der Waals surface area (Å²) in [4.78, 5) is 0. The molecule has 0 fully saturated rings. The fraction of sp³-hybridized carbons (Fsp3) is 0.579. The van der Waals surface area contributed by atoms with Crippen molar-refractivity contribution in [1.82, 2.24) is 0 Å². The van der Waals surface area contributed by atoms with Crippen LogP contribution in [0.4, 0.5) is 0 Å². The standard InChI is InChI=1S/C36H52N2.2CH3.Ni/c1-6-11-15-19-30-21-28(17-13-8-3)23-33(24-30)35-27-32(10-5)36(38(35)37)34-25-29(18-14-9-4)22-31(26-34)20-16-12-7-2;;;/h21-27H,6-20H2,1-5H3;2*1H3;. The van der Waals surface area contributed by atoms with E-state index in [1.54, 1.807) is 14.4 Å². The first-order valence-electron chi connectivity index (χ1n) is 16.4. The summed E-state index contributed by atoms with van der Waals surface area (Å²) in [5.74, 6) is 4.12. The Balaban J connectivity index is 0.00000187. The molecule has 41 heavy (non-hydrogen) atoms. The summed E-state index contributed by atoms with van der Waals surface area (Å²) in [5, 5.41) is 0. The number of hydrogen-bond acceptors (Lipinski definition) is 0. The van der Waals surface area contributed by atoms with Crippen LogP contribution in [0.1, 0.15) is 139 Å². The number of benzene rings is 2. The van der Waals surface area contributed by atoms with Gasteiger partial charge in [-0.3, -0.25) is 0 Å². The van der Waals surface area contributed by atoms with Crippen molar-refractivity contribution in [3.63, 3.8) is 0 Å². The topological polar surface area (TPSA) is 25.3 Å². The summed E-state index contributed by atoms with van der Waals surface area (Å²) in [5.41, 5.74) is 22.8. The van der Waals surface area contributed by atoms with Crippen LogP contribution in [-0.2, 0) is 40.1 Å². The average molecular weight is 602 g/mol. The van der Waals surface area contributed by atoms with E-state index in [9.17, 15) is 5.53 Å². The molecule has 0 N–H and O–H groups in total. The molecule has 0 saturated carbocycles. The third kappa shape index (κ3) is 11.3. The van der Waals surface area contributed by atoms with E-state index in [2.05, 4.69) is 88.9 Å². The normalized spacial score (nSPS) is 13.0. The first-order valence-corrected chi connectivity index (χ1v) is 18.3. The van der Waals surface area contributed by atoms with Gasteiger partial charge < -0.3 is 5.53 Å². The average Bonchev–Trinajstić information content (AvgIpc) is 3.31. The summed E-state index contributed by atoms with van der Waals surface area (Å²) in [6.45, 7) is 11.3. The number of allylic oxidation sites excluding steroid dienone is 2. The van der Waals surface area contributed by atoms with E-state index in [1.807, 2.05) is 0 Å². The molecule has 2 aromatic rings. The van der Waals surface area contributed by atoms with Crippen molar-refractivity contribution in [2.75, 3.05) is 0 Å². The summed E-state index contributed by atoms with van der Waals surface area (Å²) in [6, 6.07) is 14.1. The van der Waals surface area contributed by atoms with Crippen LogP contribution in [0.25, 0.3) is 16.9 Å². The van der Waals surface area contributed by atoms with Gasteiger partial charge in [-0.1, -0.05) is 85.3 Å². The summed E-state index contributed by atoms with van der Waals surface area (Å²) >= 11 is 1.62. The van der Waals surface area contributed by atoms with Crippen molar-refractivity contribution < 1.29 is 19.1 Å². The van der Waals surface area contributed by atoms with Crippen LogP contribution in [0.3, 0.4) is 0 Å². The predicted octanol–water partition coefficient (Wildman–Crippen LogP) is 12.2. The quantitative estimate of drug-likeness (QED) is 0.0979. The van der Waals surface area contributed by atoms with Gasteiger partial charge >= 0.3 is 26.2 Å². The third-order valence-corrected chi connectivity index (χ3v) is 7.89. The Hall–Kier alpha value is -1.99. The van der Waals surface area contributed by atoms with E-state index >= 15 is 0 Å². The maximum absolute atomic E-state index is 11.7. The Bertz CT molecular complexity index is 1140. The van der Waals surface area contributed by atoms with E-state index in [0.717, 1.165) is 49.1 Å². The Morgan fingerprint density at radius 2 is 0.951 bits per heavy atom. The van der Waals surface area contributed by atoms with E-state index in [1.165, 1.54) is 102 Å². The Labute approximate surface area is 259 Å². The predicted molar refractivity (Wildman–Crippen MR) is 177 cm³/mol. The number of rotatable bonds is 17. The molecule has 0 aromatic heterocycles. The van der Waals surface area contributed by atoms with E-state index < -0.39 is 0 Å². The molecule has 1 aliphatic rings. The molecule has 0 unspecified atom stereocenters. The van der Waals surface area contributed by atoms with Crippen molar-refractivity contribution in [1.29, 1.82) is 0 Å². The second kappa shape index (κ2) is 20.0. The fourth-order valence-corrected chi connectivity index (χ4v) is 5.64. The van der Waals surface area contributed by atoms with Crippen LogP contribution in [0.5, 0.6) is 0 Å². The van der Waals surface area contributed by atoms with Gasteiger partial charge in [-0.2, -0.15) is 0 Å². The minimum atomic E-state index is 0.902. The first-order chi connectivity index (χ1) is 20.0. The van der Waals surface area contributed by atoms with Gasteiger partial charge in [0.05, 0.1) is 0 Å².